The van der Waals surface area contributed by atoms with E-state index in [4.69, 9.17) is 10.5 Å². The number of nitrogens with one attached hydrogen (secondary N) is 1. The maximum atomic E-state index is 10.7. The van der Waals surface area contributed by atoms with Crippen molar-refractivity contribution in [2.45, 2.75) is 13.3 Å². The molecule has 0 bridgehead atoms. The van der Waals surface area contributed by atoms with Gasteiger partial charge < -0.3 is 10.5 Å². The summed E-state index contributed by atoms with van der Waals surface area (Å²) in [7, 11) is 0. The molecular formula is C16H16BrN3O2. The van der Waals surface area contributed by atoms with Crippen LogP contribution in [0.25, 0.3) is 0 Å². The van der Waals surface area contributed by atoms with Crippen LogP contribution in [0.1, 0.15) is 18.9 Å². The van der Waals surface area contributed by atoms with E-state index in [1.165, 1.54) is 0 Å². The molecule has 0 saturated carbocycles. The molecule has 5 nitrogen and oxygen atoms in total. The van der Waals surface area contributed by atoms with Crippen LogP contribution < -0.4 is 15.9 Å². The third-order valence-electron chi connectivity index (χ3n) is 2.87. The summed E-state index contributed by atoms with van der Waals surface area (Å²) in [4.78, 5) is 10.7. The number of hydrogen-bond donors (Lipinski definition) is 2. The van der Waals surface area contributed by atoms with Gasteiger partial charge in [0.25, 0.3) is 0 Å². The number of rotatable bonds is 5. The lowest BCUT2D eigenvalue weighted by Gasteiger charge is -2.08. The van der Waals surface area contributed by atoms with Crippen LogP contribution in [0.3, 0.4) is 0 Å². The number of amides is 2. The summed E-state index contributed by atoms with van der Waals surface area (Å²) in [5, 5.41) is 3.98. The Bertz CT molecular complexity index is 667. The van der Waals surface area contributed by atoms with Crippen molar-refractivity contribution < 1.29 is 9.53 Å². The fourth-order valence-electron chi connectivity index (χ4n) is 1.82. The first kappa shape index (κ1) is 16.0. The van der Waals surface area contributed by atoms with Gasteiger partial charge in [0.15, 0.2) is 0 Å². The fraction of sp³-hybridized carbons (Fsp3) is 0.125. The average molecular weight is 362 g/mol. The number of nitrogens with two attached hydrogens (primary N) is 1. The molecule has 0 aromatic heterocycles. The number of benzene rings is 2. The molecule has 0 saturated heterocycles. The van der Waals surface area contributed by atoms with Gasteiger partial charge in [-0.05, 0) is 60.5 Å². The van der Waals surface area contributed by atoms with Crippen LogP contribution in [0.2, 0.25) is 0 Å². The number of carbonyl (C=O) groups is 1. The van der Waals surface area contributed by atoms with Gasteiger partial charge in [-0.2, -0.15) is 5.10 Å². The molecule has 2 amide bonds. The van der Waals surface area contributed by atoms with E-state index in [2.05, 4.69) is 26.5 Å². The van der Waals surface area contributed by atoms with E-state index in [1.807, 2.05) is 55.5 Å². The highest BCUT2D eigenvalue weighted by Gasteiger charge is 2.03. The molecule has 0 aliphatic carbocycles. The first-order valence-corrected chi connectivity index (χ1v) is 7.53. The van der Waals surface area contributed by atoms with Gasteiger partial charge >= 0.3 is 6.03 Å². The smallest absolute Gasteiger partial charge is 0.332 e. The Morgan fingerprint density at radius 1 is 1.14 bits per heavy atom. The van der Waals surface area contributed by atoms with Crippen molar-refractivity contribution in [1.82, 2.24) is 5.43 Å². The summed E-state index contributed by atoms with van der Waals surface area (Å²) in [6.07, 6.45) is 0.674. The van der Waals surface area contributed by atoms with Crippen molar-refractivity contribution in [1.29, 1.82) is 0 Å². The zero-order chi connectivity index (χ0) is 15.9. The second-order valence-corrected chi connectivity index (χ2v) is 5.38. The molecule has 0 atom stereocenters. The van der Waals surface area contributed by atoms with Crippen LogP contribution in [0.5, 0.6) is 11.5 Å². The van der Waals surface area contributed by atoms with E-state index >= 15 is 0 Å². The zero-order valence-corrected chi connectivity index (χ0v) is 13.6. The molecule has 2 rings (SSSR count). The lowest BCUT2D eigenvalue weighted by atomic mass is 10.1. The summed E-state index contributed by atoms with van der Waals surface area (Å²) in [5.41, 5.74) is 8.91. The number of ether oxygens (including phenoxy) is 1. The Balaban J connectivity index is 2.10. The molecule has 0 aliphatic rings. The molecule has 114 valence electrons. The molecule has 0 fully saturated rings. The van der Waals surface area contributed by atoms with Gasteiger partial charge in [-0.25, -0.2) is 10.2 Å². The van der Waals surface area contributed by atoms with Gasteiger partial charge in [-0.1, -0.05) is 22.9 Å². The third kappa shape index (κ3) is 4.60. The topological polar surface area (TPSA) is 76.7 Å². The SMILES string of the molecule is CCC(=NNC(N)=O)c1ccc(Oc2ccc(Br)cc2)cc1. The predicted octanol–water partition coefficient (Wildman–Crippen LogP) is 4.02. The Morgan fingerprint density at radius 2 is 1.68 bits per heavy atom. The number of hydrogen-bond acceptors (Lipinski definition) is 3. The molecule has 22 heavy (non-hydrogen) atoms. The number of primary amides is 1. The largest absolute Gasteiger partial charge is 0.457 e. The second kappa shape index (κ2) is 7.61. The van der Waals surface area contributed by atoms with Crippen molar-refractivity contribution in [3.63, 3.8) is 0 Å². The number of nitrogens with zero attached hydrogens (tertiary/aromatic N) is 1. The van der Waals surface area contributed by atoms with Crippen LogP contribution in [0, 0.1) is 0 Å². The second-order valence-electron chi connectivity index (χ2n) is 4.47. The summed E-state index contributed by atoms with van der Waals surface area (Å²) in [6, 6.07) is 14.4. The molecule has 0 aliphatic heterocycles. The van der Waals surface area contributed by atoms with Crippen LogP contribution in [-0.4, -0.2) is 11.7 Å². The van der Waals surface area contributed by atoms with Gasteiger partial charge in [0.1, 0.15) is 11.5 Å². The molecular weight excluding hydrogens is 346 g/mol. The predicted molar refractivity (Wildman–Crippen MR) is 90.2 cm³/mol. The highest BCUT2D eigenvalue weighted by Crippen LogP contribution is 2.23. The summed E-state index contributed by atoms with van der Waals surface area (Å²) in [5.74, 6) is 1.49. The van der Waals surface area contributed by atoms with Gasteiger partial charge in [0.05, 0.1) is 5.71 Å². The van der Waals surface area contributed by atoms with Gasteiger partial charge in [-0.3, -0.25) is 0 Å². The lowest BCUT2D eigenvalue weighted by Crippen LogP contribution is -2.25. The standard InChI is InChI=1S/C16H16BrN3O2/c1-2-15(19-20-16(18)21)11-3-7-13(8-4-11)22-14-9-5-12(17)6-10-14/h3-10H,2H2,1H3,(H3,18,20,21). The van der Waals surface area contributed by atoms with Crippen molar-refractivity contribution in [3.8, 4) is 11.5 Å². The zero-order valence-electron chi connectivity index (χ0n) is 12.0. The van der Waals surface area contributed by atoms with Crippen molar-refractivity contribution in [2.75, 3.05) is 0 Å². The molecule has 3 N–H and O–H groups in total. The van der Waals surface area contributed by atoms with Crippen molar-refractivity contribution in [3.05, 3.63) is 58.6 Å². The average Bonchev–Trinajstić information content (AvgIpc) is 2.51. The number of halogens is 1. The van der Waals surface area contributed by atoms with Crippen LogP contribution in [0.4, 0.5) is 4.79 Å². The molecule has 2 aromatic carbocycles. The van der Waals surface area contributed by atoms with Gasteiger partial charge in [0.2, 0.25) is 0 Å². The third-order valence-corrected chi connectivity index (χ3v) is 3.40. The quantitative estimate of drug-likeness (QED) is 0.623. The Hall–Kier alpha value is -2.34. The fourth-order valence-corrected chi connectivity index (χ4v) is 2.09. The van der Waals surface area contributed by atoms with Crippen molar-refractivity contribution >= 4 is 27.7 Å². The first-order chi connectivity index (χ1) is 10.6. The molecule has 6 heteroatoms. The van der Waals surface area contributed by atoms with E-state index < -0.39 is 6.03 Å². The molecule has 0 radical (unpaired) electrons. The van der Waals surface area contributed by atoms with E-state index in [-0.39, 0.29) is 0 Å². The van der Waals surface area contributed by atoms with Crippen LogP contribution >= 0.6 is 15.9 Å². The number of urea groups is 1. The minimum absolute atomic E-state index is 0.674. The van der Waals surface area contributed by atoms with Gasteiger partial charge in [0, 0.05) is 4.47 Å². The molecule has 0 spiro atoms. The van der Waals surface area contributed by atoms with Gasteiger partial charge in [-0.15, -0.1) is 0 Å². The van der Waals surface area contributed by atoms with Crippen molar-refractivity contribution in [2.24, 2.45) is 10.8 Å². The minimum atomic E-state index is -0.679. The number of carbonyl (C=O) groups excluding carboxylic acids is 1. The van der Waals surface area contributed by atoms with E-state index in [1.54, 1.807) is 0 Å². The highest BCUT2D eigenvalue weighted by atomic mass is 79.9. The first-order valence-electron chi connectivity index (χ1n) is 6.74. The maximum absolute atomic E-state index is 10.7. The normalized spacial score (nSPS) is 11.1. The molecule has 0 unspecified atom stereocenters. The molecule has 0 heterocycles. The minimum Gasteiger partial charge on any atom is -0.457 e. The molecule has 2 aromatic rings. The Morgan fingerprint density at radius 3 is 2.18 bits per heavy atom. The van der Waals surface area contributed by atoms with Crippen LogP contribution in [-0.2, 0) is 0 Å². The number of hydrazone groups is 1. The Kier molecular flexibility index (Phi) is 5.55. The van der Waals surface area contributed by atoms with E-state index in [9.17, 15) is 4.79 Å². The highest BCUT2D eigenvalue weighted by molar-refractivity contribution is 9.10. The summed E-state index contributed by atoms with van der Waals surface area (Å²) in [6.45, 7) is 1.95. The Labute approximate surface area is 137 Å². The summed E-state index contributed by atoms with van der Waals surface area (Å²) >= 11 is 3.38. The van der Waals surface area contributed by atoms with Crippen LogP contribution in [0.15, 0.2) is 58.1 Å². The monoisotopic (exact) mass is 361 g/mol. The van der Waals surface area contributed by atoms with E-state index in [0.717, 1.165) is 27.2 Å². The maximum Gasteiger partial charge on any atom is 0.332 e. The summed E-state index contributed by atoms with van der Waals surface area (Å²) < 4.78 is 6.75. The lowest BCUT2D eigenvalue weighted by molar-refractivity contribution is 0.249. The van der Waals surface area contributed by atoms with E-state index in [0.29, 0.717) is 6.42 Å².